The first kappa shape index (κ1) is 19.3. The fourth-order valence-electron chi connectivity index (χ4n) is 4.02. The molecule has 0 aliphatic carbocycles. The van der Waals surface area contributed by atoms with Gasteiger partial charge in [-0.1, -0.05) is 0 Å². The SMILES string of the molecule is Cc1cc(C(=O)N2CC[C@@H]3CNC[C@@H]3CC2)cc(S(=O)(=O)N(C)C)c1C. The molecule has 2 fully saturated rings. The fourth-order valence-corrected chi connectivity index (χ4v) is 5.24. The second-order valence-electron chi connectivity index (χ2n) is 7.75. The molecule has 0 aromatic heterocycles. The molecule has 1 N–H and O–H groups in total. The van der Waals surface area contributed by atoms with E-state index in [0.717, 1.165) is 44.6 Å². The van der Waals surface area contributed by atoms with Crippen molar-refractivity contribution in [2.24, 2.45) is 11.8 Å². The van der Waals surface area contributed by atoms with Crippen LogP contribution in [0.25, 0.3) is 0 Å². The van der Waals surface area contributed by atoms with Crippen molar-refractivity contribution < 1.29 is 13.2 Å². The van der Waals surface area contributed by atoms with E-state index >= 15 is 0 Å². The van der Waals surface area contributed by atoms with Crippen LogP contribution < -0.4 is 5.32 Å². The van der Waals surface area contributed by atoms with Gasteiger partial charge in [0.1, 0.15) is 0 Å². The fraction of sp³-hybridized carbons (Fsp3) is 0.632. The summed E-state index contributed by atoms with van der Waals surface area (Å²) in [4.78, 5) is 15.2. The van der Waals surface area contributed by atoms with Crippen LogP contribution in [0.2, 0.25) is 0 Å². The summed E-state index contributed by atoms with van der Waals surface area (Å²) in [5.74, 6) is 1.24. The van der Waals surface area contributed by atoms with Gasteiger partial charge in [-0.15, -0.1) is 0 Å². The maximum Gasteiger partial charge on any atom is 0.253 e. The Bertz CT molecular complexity index is 790. The largest absolute Gasteiger partial charge is 0.339 e. The first-order chi connectivity index (χ1) is 12.2. The summed E-state index contributed by atoms with van der Waals surface area (Å²) in [6.07, 6.45) is 2.02. The van der Waals surface area contributed by atoms with Gasteiger partial charge in [-0.25, -0.2) is 12.7 Å². The van der Waals surface area contributed by atoms with Gasteiger partial charge < -0.3 is 10.2 Å². The van der Waals surface area contributed by atoms with E-state index in [1.54, 1.807) is 13.0 Å². The van der Waals surface area contributed by atoms with Gasteiger partial charge in [0.15, 0.2) is 0 Å². The number of hydrogen-bond donors (Lipinski definition) is 1. The minimum atomic E-state index is -3.58. The van der Waals surface area contributed by atoms with E-state index in [0.29, 0.717) is 23.0 Å². The predicted octanol–water partition coefficient (Wildman–Crippen LogP) is 1.63. The van der Waals surface area contributed by atoms with Gasteiger partial charge in [0.25, 0.3) is 5.91 Å². The minimum absolute atomic E-state index is 0.0590. The van der Waals surface area contributed by atoms with E-state index < -0.39 is 10.0 Å². The second-order valence-corrected chi connectivity index (χ2v) is 9.87. The summed E-state index contributed by atoms with van der Waals surface area (Å²) in [6, 6.07) is 3.37. The molecule has 0 spiro atoms. The Labute approximate surface area is 156 Å². The van der Waals surface area contributed by atoms with E-state index in [1.807, 2.05) is 17.9 Å². The molecule has 1 aromatic rings. The monoisotopic (exact) mass is 379 g/mol. The van der Waals surface area contributed by atoms with Crippen LogP contribution in [0, 0.1) is 25.7 Å². The molecule has 26 heavy (non-hydrogen) atoms. The molecule has 2 heterocycles. The molecule has 2 aliphatic heterocycles. The Morgan fingerprint density at radius 2 is 1.69 bits per heavy atom. The highest BCUT2D eigenvalue weighted by atomic mass is 32.2. The van der Waals surface area contributed by atoms with Crippen molar-refractivity contribution in [1.29, 1.82) is 0 Å². The van der Waals surface area contributed by atoms with Crippen LogP contribution in [0.3, 0.4) is 0 Å². The third-order valence-corrected chi connectivity index (χ3v) is 7.87. The number of carbonyl (C=O) groups is 1. The molecule has 0 saturated carbocycles. The summed E-state index contributed by atoms with van der Waals surface area (Å²) in [5, 5.41) is 3.44. The summed E-state index contributed by atoms with van der Waals surface area (Å²) in [7, 11) is -0.554. The van der Waals surface area contributed by atoms with E-state index in [4.69, 9.17) is 0 Å². The summed E-state index contributed by atoms with van der Waals surface area (Å²) in [6.45, 7) is 7.22. The summed E-state index contributed by atoms with van der Waals surface area (Å²) < 4.78 is 26.5. The standard InChI is InChI=1S/C19H29N3O3S/c1-13-9-17(10-18(14(13)2)26(24,25)21(3)4)19(23)22-7-5-15-11-20-12-16(15)6-8-22/h9-10,15-16,20H,5-8,11-12H2,1-4H3/t15-,16+. The molecule has 2 atom stereocenters. The van der Waals surface area contributed by atoms with Crippen molar-refractivity contribution in [3.05, 3.63) is 28.8 Å². The number of sulfonamides is 1. The zero-order valence-electron chi connectivity index (χ0n) is 16.1. The molecule has 144 valence electrons. The molecular weight excluding hydrogens is 350 g/mol. The van der Waals surface area contributed by atoms with Crippen molar-refractivity contribution in [2.45, 2.75) is 31.6 Å². The van der Waals surface area contributed by atoms with Crippen molar-refractivity contribution in [3.63, 3.8) is 0 Å². The number of fused-ring (bicyclic) bond motifs is 1. The molecule has 2 saturated heterocycles. The average molecular weight is 380 g/mol. The van der Waals surface area contributed by atoms with Gasteiger partial charge in [0, 0.05) is 32.7 Å². The zero-order chi connectivity index (χ0) is 19.1. The second kappa shape index (κ2) is 7.29. The predicted molar refractivity (Wildman–Crippen MR) is 102 cm³/mol. The molecule has 0 unspecified atom stereocenters. The number of benzene rings is 1. The van der Waals surface area contributed by atoms with Gasteiger partial charge in [0.05, 0.1) is 4.90 Å². The third kappa shape index (κ3) is 3.52. The van der Waals surface area contributed by atoms with Gasteiger partial charge in [-0.2, -0.15) is 0 Å². The lowest BCUT2D eigenvalue weighted by Crippen LogP contribution is -2.33. The highest BCUT2D eigenvalue weighted by molar-refractivity contribution is 7.89. The first-order valence-electron chi connectivity index (χ1n) is 9.25. The normalized spacial score (nSPS) is 23.8. The molecule has 0 radical (unpaired) electrons. The van der Waals surface area contributed by atoms with Crippen LogP contribution in [0.4, 0.5) is 0 Å². The van der Waals surface area contributed by atoms with Crippen LogP contribution in [0.15, 0.2) is 17.0 Å². The molecule has 1 amide bonds. The number of hydrogen-bond acceptors (Lipinski definition) is 4. The maximum atomic E-state index is 13.1. The number of likely N-dealkylation sites (tertiary alicyclic amines) is 1. The Morgan fingerprint density at radius 3 is 2.23 bits per heavy atom. The van der Waals surface area contributed by atoms with Crippen molar-refractivity contribution in [3.8, 4) is 0 Å². The van der Waals surface area contributed by atoms with Crippen LogP contribution in [-0.4, -0.2) is 63.8 Å². The van der Waals surface area contributed by atoms with E-state index in [2.05, 4.69) is 5.32 Å². The van der Waals surface area contributed by atoms with Gasteiger partial charge in [-0.3, -0.25) is 4.79 Å². The lowest BCUT2D eigenvalue weighted by Gasteiger charge is -2.23. The molecular formula is C19H29N3O3S. The molecule has 2 aliphatic rings. The number of aryl methyl sites for hydroxylation is 1. The van der Waals surface area contributed by atoms with Gasteiger partial charge >= 0.3 is 0 Å². The smallest absolute Gasteiger partial charge is 0.253 e. The van der Waals surface area contributed by atoms with Gasteiger partial charge in [-0.05, 0) is 74.9 Å². The molecule has 7 heteroatoms. The lowest BCUT2D eigenvalue weighted by molar-refractivity contribution is 0.0758. The summed E-state index contributed by atoms with van der Waals surface area (Å²) in [5.41, 5.74) is 2.00. The van der Waals surface area contributed by atoms with E-state index in [-0.39, 0.29) is 10.8 Å². The van der Waals surface area contributed by atoms with Crippen molar-refractivity contribution in [1.82, 2.24) is 14.5 Å². The van der Waals surface area contributed by atoms with Crippen LogP contribution >= 0.6 is 0 Å². The quantitative estimate of drug-likeness (QED) is 0.867. The Kier molecular flexibility index (Phi) is 5.42. The van der Waals surface area contributed by atoms with Crippen LogP contribution in [0.1, 0.15) is 34.3 Å². The van der Waals surface area contributed by atoms with Crippen LogP contribution in [-0.2, 0) is 10.0 Å². The van der Waals surface area contributed by atoms with Crippen LogP contribution in [0.5, 0.6) is 0 Å². The third-order valence-electron chi connectivity index (χ3n) is 5.93. The first-order valence-corrected chi connectivity index (χ1v) is 10.7. The number of amides is 1. The molecule has 6 nitrogen and oxygen atoms in total. The van der Waals surface area contributed by atoms with Crippen molar-refractivity contribution in [2.75, 3.05) is 40.3 Å². The van der Waals surface area contributed by atoms with E-state index in [9.17, 15) is 13.2 Å². The molecule has 1 aromatic carbocycles. The zero-order valence-corrected chi connectivity index (χ0v) is 16.9. The molecule has 0 bridgehead atoms. The topological polar surface area (TPSA) is 69.7 Å². The van der Waals surface area contributed by atoms with Gasteiger partial charge in [0.2, 0.25) is 10.0 Å². The number of carbonyl (C=O) groups excluding carboxylic acids is 1. The van der Waals surface area contributed by atoms with E-state index in [1.165, 1.54) is 18.4 Å². The summed E-state index contributed by atoms with van der Waals surface area (Å²) >= 11 is 0. The van der Waals surface area contributed by atoms with Crippen molar-refractivity contribution >= 4 is 15.9 Å². The average Bonchev–Trinajstić information content (AvgIpc) is 2.94. The molecule has 3 rings (SSSR count). The number of nitrogens with one attached hydrogen (secondary N) is 1. The Morgan fingerprint density at radius 1 is 1.12 bits per heavy atom. The number of rotatable bonds is 3. The minimum Gasteiger partial charge on any atom is -0.339 e. The lowest BCUT2D eigenvalue weighted by atomic mass is 9.92. The highest BCUT2D eigenvalue weighted by Gasteiger charge is 2.32. The Hall–Kier alpha value is -1.44. The highest BCUT2D eigenvalue weighted by Crippen LogP contribution is 2.29. The number of nitrogens with zero attached hydrogens (tertiary/aromatic N) is 2. The Balaban J connectivity index is 1.89. The maximum absolute atomic E-state index is 13.1.